The summed E-state index contributed by atoms with van der Waals surface area (Å²) in [4.78, 5) is 0. The maximum absolute atomic E-state index is 3.62. The van der Waals surface area contributed by atoms with Crippen LogP contribution in [0.5, 0.6) is 0 Å². The van der Waals surface area contributed by atoms with Gasteiger partial charge < -0.3 is 5.32 Å². The number of hydrogen-bond acceptors (Lipinski definition) is 1. The molecule has 0 radical (unpaired) electrons. The third kappa shape index (κ3) is 0.918. The van der Waals surface area contributed by atoms with E-state index in [0.717, 1.165) is 11.8 Å². The molecular weight excluding hydrogens is 158 g/mol. The third-order valence-electron chi connectivity index (χ3n) is 5.45. The summed E-state index contributed by atoms with van der Waals surface area (Å²) in [5.74, 6) is 1.81. The molecule has 0 amide bonds. The van der Waals surface area contributed by atoms with Gasteiger partial charge in [0, 0.05) is 5.54 Å². The van der Waals surface area contributed by atoms with Crippen molar-refractivity contribution >= 4 is 0 Å². The molecule has 2 aliphatic carbocycles. The fraction of sp³-hybridized carbons (Fsp3) is 1.00. The Hall–Kier alpha value is -0.0400. The van der Waals surface area contributed by atoms with Crippen LogP contribution in [0.1, 0.15) is 46.5 Å². The number of nitrogens with one attached hydrogen (secondary N) is 1. The zero-order valence-corrected chi connectivity index (χ0v) is 9.48. The normalized spacial score (nSPS) is 55.4. The van der Waals surface area contributed by atoms with Crippen molar-refractivity contribution in [2.75, 3.05) is 7.05 Å². The first-order valence-electron chi connectivity index (χ1n) is 5.76. The lowest BCUT2D eigenvalue weighted by Crippen LogP contribution is -2.71. The number of hydrogen-bond donors (Lipinski definition) is 1. The molecule has 2 fully saturated rings. The van der Waals surface area contributed by atoms with Crippen molar-refractivity contribution in [1.29, 1.82) is 0 Å². The Bertz CT molecular complexity index is 209. The SMILES string of the molecule is CNC12CCCC(C)C1(C)C(C)C2. The van der Waals surface area contributed by atoms with E-state index >= 15 is 0 Å². The predicted octanol–water partition coefficient (Wildman–Crippen LogP) is 2.81. The fourth-order valence-electron chi connectivity index (χ4n) is 4.13. The van der Waals surface area contributed by atoms with Crippen molar-refractivity contribution in [3.63, 3.8) is 0 Å². The molecule has 4 atom stereocenters. The van der Waals surface area contributed by atoms with E-state index in [2.05, 4.69) is 33.1 Å². The molecule has 0 heterocycles. The fourth-order valence-corrected chi connectivity index (χ4v) is 4.13. The second-order valence-electron chi connectivity index (χ2n) is 5.51. The van der Waals surface area contributed by atoms with Gasteiger partial charge in [-0.05, 0) is 37.1 Å². The molecule has 4 unspecified atom stereocenters. The standard InChI is InChI=1S/C12H23N/c1-9-6-5-7-12(13-4)8-10(2)11(9,12)3/h9-10,13H,5-8H2,1-4H3. The van der Waals surface area contributed by atoms with Crippen molar-refractivity contribution in [3.05, 3.63) is 0 Å². The second-order valence-corrected chi connectivity index (χ2v) is 5.51. The molecule has 0 aromatic carbocycles. The molecule has 1 heteroatoms. The highest BCUT2D eigenvalue weighted by Crippen LogP contribution is 2.63. The summed E-state index contributed by atoms with van der Waals surface area (Å²) in [7, 11) is 2.15. The first-order chi connectivity index (χ1) is 6.07. The van der Waals surface area contributed by atoms with Gasteiger partial charge in [0.2, 0.25) is 0 Å². The summed E-state index contributed by atoms with van der Waals surface area (Å²) in [6.07, 6.45) is 5.65. The molecule has 0 aromatic heterocycles. The molecule has 1 nitrogen and oxygen atoms in total. The topological polar surface area (TPSA) is 12.0 Å². The molecule has 13 heavy (non-hydrogen) atoms. The summed E-state index contributed by atoms with van der Waals surface area (Å²) >= 11 is 0. The van der Waals surface area contributed by atoms with E-state index in [-0.39, 0.29) is 0 Å². The van der Waals surface area contributed by atoms with E-state index in [9.17, 15) is 0 Å². The van der Waals surface area contributed by atoms with Crippen LogP contribution in [-0.4, -0.2) is 12.6 Å². The average molecular weight is 181 g/mol. The quantitative estimate of drug-likeness (QED) is 0.656. The Morgan fingerprint density at radius 3 is 2.38 bits per heavy atom. The Kier molecular flexibility index (Phi) is 1.99. The maximum Gasteiger partial charge on any atom is 0.0239 e. The van der Waals surface area contributed by atoms with Gasteiger partial charge in [-0.25, -0.2) is 0 Å². The van der Waals surface area contributed by atoms with Crippen LogP contribution in [0, 0.1) is 17.3 Å². The van der Waals surface area contributed by atoms with Crippen LogP contribution < -0.4 is 5.32 Å². The Balaban J connectivity index is 2.28. The molecule has 0 aromatic rings. The summed E-state index contributed by atoms with van der Waals surface area (Å²) in [6.45, 7) is 7.37. The smallest absolute Gasteiger partial charge is 0.0239 e. The Labute approximate surface area is 82.3 Å². The summed E-state index contributed by atoms with van der Waals surface area (Å²) in [5.41, 5.74) is 1.06. The van der Waals surface area contributed by atoms with E-state index in [1.807, 2.05) is 0 Å². The minimum atomic E-state index is 0.490. The van der Waals surface area contributed by atoms with Gasteiger partial charge in [0.1, 0.15) is 0 Å². The minimum Gasteiger partial charge on any atom is -0.314 e. The van der Waals surface area contributed by atoms with Gasteiger partial charge in [0.15, 0.2) is 0 Å². The summed E-state index contributed by atoms with van der Waals surface area (Å²) in [5, 5.41) is 3.62. The summed E-state index contributed by atoms with van der Waals surface area (Å²) in [6, 6.07) is 0. The van der Waals surface area contributed by atoms with Gasteiger partial charge in [-0.3, -0.25) is 0 Å². The molecule has 0 aliphatic heterocycles. The van der Waals surface area contributed by atoms with Crippen LogP contribution in [0.15, 0.2) is 0 Å². The average Bonchev–Trinajstić information content (AvgIpc) is 2.12. The van der Waals surface area contributed by atoms with Crippen LogP contribution in [0.3, 0.4) is 0 Å². The zero-order valence-electron chi connectivity index (χ0n) is 9.48. The third-order valence-corrected chi connectivity index (χ3v) is 5.45. The molecule has 0 bridgehead atoms. The maximum atomic E-state index is 3.62. The first kappa shape index (κ1) is 9.51. The van der Waals surface area contributed by atoms with E-state index in [4.69, 9.17) is 0 Å². The predicted molar refractivity (Wildman–Crippen MR) is 56.7 cm³/mol. The Morgan fingerprint density at radius 1 is 1.23 bits per heavy atom. The largest absolute Gasteiger partial charge is 0.314 e. The van der Waals surface area contributed by atoms with E-state index < -0.39 is 0 Å². The van der Waals surface area contributed by atoms with Gasteiger partial charge >= 0.3 is 0 Å². The molecule has 2 saturated carbocycles. The highest BCUT2D eigenvalue weighted by atomic mass is 15.0. The van der Waals surface area contributed by atoms with E-state index in [0.29, 0.717) is 11.0 Å². The van der Waals surface area contributed by atoms with Crippen LogP contribution in [0.25, 0.3) is 0 Å². The number of rotatable bonds is 1. The highest BCUT2D eigenvalue weighted by molar-refractivity contribution is 5.17. The van der Waals surface area contributed by atoms with Crippen molar-refractivity contribution < 1.29 is 0 Å². The zero-order chi connectivity index (χ0) is 9.69. The van der Waals surface area contributed by atoms with Crippen molar-refractivity contribution in [2.24, 2.45) is 17.3 Å². The minimum absolute atomic E-state index is 0.490. The lowest BCUT2D eigenvalue weighted by molar-refractivity contribution is -0.142. The molecule has 2 aliphatic rings. The second kappa shape index (κ2) is 2.73. The van der Waals surface area contributed by atoms with Crippen LogP contribution in [-0.2, 0) is 0 Å². The van der Waals surface area contributed by atoms with E-state index in [1.54, 1.807) is 0 Å². The Morgan fingerprint density at radius 2 is 1.92 bits per heavy atom. The van der Waals surface area contributed by atoms with Crippen LogP contribution >= 0.6 is 0 Å². The van der Waals surface area contributed by atoms with Gasteiger partial charge in [0.25, 0.3) is 0 Å². The van der Waals surface area contributed by atoms with Crippen molar-refractivity contribution in [3.8, 4) is 0 Å². The monoisotopic (exact) mass is 181 g/mol. The van der Waals surface area contributed by atoms with Crippen molar-refractivity contribution in [2.45, 2.75) is 52.0 Å². The first-order valence-corrected chi connectivity index (χ1v) is 5.76. The molecular formula is C12H23N. The van der Waals surface area contributed by atoms with Gasteiger partial charge in [-0.2, -0.15) is 0 Å². The lowest BCUT2D eigenvalue weighted by atomic mass is 9.41. The lowest BCUT2D eigenvalue weighted by Gasteiger charge is -2.68. The summed E-state index contributed by atoms with van der Waals surface area (Å²) < 4.78 is 0. The van der Waals surface area contributed by atoms with Gasteiger partial charge in [-0.15, -0.1) is 0 Å². The molecule has 76 valence electrons. The molecule has 0 saturated heterocycles. The van der Waals surface area contributed by atoms with Crippen LogP contribution in [0.2, 0.25) is 0 Å². The molecule has 0 spiro atoms. The number of fused-ring (bicyclic) bond motifs is 1. The van der Waals surface area contributed by atoms with Gasteiger partial charge in [-0.1, -0.05) is 33.6 Å². The van der Waals surface area contributed by atoms with Crippen molar-refractivity contribution in [1.82, 2.24) is 5.32 Å². The molecule has 1 N–H and O–H groups in total. The van der Waals surface area contributed by atoms with E-state index in [1.165, 1.54) is 25.7 Å². The van der Waals surface area contributed by atoms with Gasteiger partial charge in [0.05, 0.1) is 0 Å². The van der Waals surface area contributed by atoms with Crippen LogP contribution in [0.4, 0.5) is 0 Å². The highest BCUT2D eigenvalue weighted by Gasteiger charge is 2.62. The molecule has 2 rings (SSSR count).